The Bertz CT molecular complexity index is 633. The third kappa shape index (κ3) is 2.58. The third-order valence-electron chi connectivity index (χ3n) is 4.11. The van der Waals surface area contributed by atoms with E-state index < -0.39 is 0 Å². The summed E-state index contributed by atoms with van der Waals surface area (Å²) in [5.41, 5.74) is 3.49. The number of anilines is 1. The van der Waals surface area contributed by atoms with E-state index in [0.717, 1.165) is 47.8 Å². The van der Waals surface area contributed by atoms with Crippen LogP contribution in [-0.2, 0) is 6.42 Å². The summed E-state index contributed by atoms with van der Waals surface area (Å²) in [5, 5.41) is 3.62. The van der Waals surface area contributed by atoms with Crippen LogP contribution in [0.3, 0.4) is 0 Å². The predicted octanol–water partition coefficient (Wildman–Crippen LogP) is 4.09. The number of rotatable bonds is 4. The molecular formula is C17H21NO3. The molecule has 0 saturated heterocycles. The molecule has 21 heavy (non-hydrogen) atoms. The fourth-order valence-corrected chi connectivity index (χ4v) is 2.96. The molecule has 1 atom stereocenters. The van der Waals surface area contributed by atoms with Crippen LogP contribution in [-0.4, -0.2) is 14.2 Å². The molecular weight excluding hydrogens is 266 g/mol. The number of furan rings is 1. The van der Waals surface area contributed by atoms with Crippen LogP contribution in [0.5, 0.6) is 11.5 Å². The molecule has 0 aliphatic heterocycles. The average molecular weight is 287 g/mol. The highest BCUT2D eigenvalue weighted by atomic mass is 16.5. The minimum Gasteiger partial charge on any atom is -0.493 e. The maximum Gasteiger partial charge on any atom is 0.162 e. The Hall–Kier alpha value is -2.10. The molecule has 1 aromatic heterocycles. The van der Waals surface area contributed by atoms with Crippen molar-refractivity contribution in [3.63, 3.8) is 0 Å². The molecule has 0 saturated carbocycles. The highest BCUT2D eigenvalue weighted by Gasteiger charge is 2.23. The van der Waals surface area contributed by atoms with Crippen molar-refractivity contribution in [2.24, 2.45) is 0 Å². The molecule has 2 aromatic rings. The number of fused-ring (bicyclic) bond motifs is 1. The highest BCUT2D eigenvalue weighted by Crippen LogP contribution is 2.37. The van der Waals surface area contributed by atoms with E-state index in [2.05, 4.69) is 18.3 Å². The van der Waals surface area contributed by atoms with Crippen molar-refractivity contribution in [3.8, 4) is 11.5 Å². The van der Waals surface area contributed by atoms with Gasteiger partial charge in [0.1, 0.15) is 5.76 Å². The van der Waals surface area contributed by atoms with E-state index >= 15 is 0 Å². The quantitative estimate of drug-likeness (QED) is 0.919. The van der Waals surface area contributed by atoms with Gasteiger partial charge in [0.15, 0.2) is 11.5 Å². The summed E-state index contributed by atoms with van der Waals surface area (Å²) in [7, 11) is 3.31. The fraction of sp³-hybridized carbons (Fsp3) is 0.412. The van der Waals surface area contributed by atoms with Gasteiger partial charge in [0, 0.05) is 23.7 Å². The zero-order chi connectivity index (χ0) is 14.8. The molecule has 112 valence electrons. The zero-order valence-corrected chi connectivity index (χ0v) is 12.7. The van der Waals surface area contributed by atoms with E-state index in [9.17, 15) is 0 Å². The summed E-state index contributed by atoms with van der Waals surface area (Å²) in [5.74, 6) is 2.61. The Balaban J connectivity index is 1.89. The molecule has 1 heterocycles. The topological polar surface area (TPSA) is 43.6 Å². The normalized spacial score (nSPS) is 17.2. The summed E-state index contributed by atoms with van der Waals surface area (Å²) in [6.07, 6.45) is 5.07. The number of methoxy groups -OCH3 is 2. The second-order valence-electron chi connectivity index (χ2n) is 5.41. The van der Waals surface area contributed by atoms with Crippen LogP contribution in [0.2, 0.25) is 0 Å². The first kappa shape index (κ1) is 13.9. The summed E-state index contributed by atoms with van der Waals surface area (Å²) in [6, 6.07) is 6.37. The van der Waals surface area contributed by atoms with Crippen LogP contribution in [0.15, 0.2) is 28.9 Å². The third-order valence-corrected chi connectivity index (χ3v) is 4.11. The van der Waals surface area contributed by atoms with Crippen LogP contribution >= 0.6 is 0 Å². The van der Waals surface area contributed by atoms with E-state index in [1.54, 1.807) is 20.5 Å². The second-order valence-corrected chi connectivity index (χ2v) is 5.41. The SMILES string of the molecule is COc1cc(C)c(NC2CCCc3occc32)cc1OC. The van der Waals surface area contributed by atoms with E-state index in [1.165, 1.54) is 5.56 Å². The van der Waals surface area contributed by atoms with Gasteiger partial charge in [-0.25, -0.2) is 0 Å². The maximum absolute atomic E-state index is 5.55. The first-order chi connectivity index (χ1) is 10.2. The van der Waals surface area contributed by atoms with Crippen molar-refractivity contribution >= 4 is 5.69 Å². The molecule has 1 aromatic carbocycles. The molecule has 1 aliphatic rings. The van der Waals surface area contributed by atoms with Crippen LogP contribution in [0.1, 0.15) is 35.8 Å². The highest BCUT2D eigenvalue weighted by molar-refractivity contribution is 5.61. The largest absolute Gasteiger partial charge is 0.493 e. The van der Waals surface area contributed by atoms with Gasteiger partial charge in [-0.05, 0) is 37.5 Å². The minimum absolute atomic E-state index is 0.296. The van der Waals surface area contributed by atoms with Crippen molar-refractivity contribution < 1.29 is 13.9 Å². The lowest BCUT2D eigenvalue weighted by Gasteiger charge is -2.25. The van der Waals surface area contributed by atoms with Gasteiger partial charge < -0.3 is 19.2 Å². The van der Waals surface area contributed by atoms with Crippen molar-refractivity contribution in [2.75, 3.05) is 19.5 Å². The molecule has 0 radical (unpaired) electrons. The Morgan fingerprint density at radius 2 is 1.95 bits per heavy atom. The molecule has 3 rings (SSSR count). The lowest BCUT2D eigenvalue weighted by atomic mass is 9.93. The fourth-order valence-electron chi connectivity index (χ4n) is 2.96. The van der Waals surface area contributed by atoms with Crippen LogP contribution in [0.4, 0.5) is 5.69 Å². The number of nitrogens with one attached hydrogen (secondary N) is 1. The maximum atomic E-state index is 5.55. The first-order valence-electron chi connectivity index (χ1n) is 7.28. The van der Waals surface area contributed by atoms with Gasteiger partial charge in [0.25, 0.3) is 0 Å². The number of ether oxygens (including phenoxy) is 2. The van der Waals surface area contributed by atoms with E-state index in [-0.39, 0.29) is 0 Å². The predicted molar refractivity (Wildman–Crippen MR) is 82.3 cm³/mol. The lowest BCUT2D eigenvalue weighted by Crippen LogP contribution is -2.16. The molecule has 1 aliphatic carbocycles. The van der Waals surface area contributed by atoms with Gasteiger partial charge in [0.2, 0.25) is 0 Å². The molecule has 4 nitrogen and oxygen atoms in total. The van der Waals surface area contributed by atoms with Gasteiger partial charge in [-0.1, -0.05) is 0 Å². The van der Waals surface area contributed by atoms with Crippen LogP contribution < -0.4 is 14.8 Å². The monoisotopic (exact) mass is 287 g/mol. The van der Waals surface area contributed by atoms with E-state index in [1.807, 2.05) is 12.1 Å². The molecule has 0 bridgehead atoms. The van der Waals surface area contributed by atoms with Gasteiger partial charge >= 0.3 is 0 Å². The summed E-state index contributed by atoms with van der Waals surface area (Å²) < 4.78 is 16.3. The number of aryl methyl sites for hydroxylation is 2. The standard InChI is InChI=1S/C17H21NO3/c1-11-9-16(19-2)17(20-3)10-14(11)18-13-5-4-6-15-12(13)7-8-21-15/h7-10,13,18H,4-6H2,1-3H3. The second kappa shape index (κ2) is 5.72. The summed E-state index contributed by atoms with van der Waals surface area (Å²) >= 11 is 0. The minimum atomic E-state index is 0.296. The molecule has 4 heteroatoms. The average Bonchev–Trinajstić information content (AvgIpc) is 2.98. The van der Waals surface area contributed by atoms with Gasteiger partial charge in [-0.15, -0.1) is 0 Å². The van der Waals surface area contributed by atoms with Gasteiger partial charge in [0.05, 0.1) is 26.5 Å². The molecule has 1 N–H and O–H groups in total. The van der Waals surface area contributed by atoms with Crippen LogP contribution in [0, 0.1) is 6.92 Å². The number of benzene rings is 1. The Labute approximate surface area is 125 Å². The van der Waals surface area contributed by atoms with Crippen molar-refractivity contribution in [3.05, 3.63) is 41.3 Å². The number of hydrogen-bond donors (Lipinski definition) is 1. The van der Waals surface area contributed by atoms with Gasteiger partial charge in [-0.3, -0.25) is 0 Å². The molecule has 0 amide bonds. The zero-order valence-electron chi connectivity index (χ0n) is 12.7. The lowest BCUT2D eigenvalue weighted by molar-refractivity contribution is 0.355. The van der Waals surface area contributed by atoms with Crippen molar-refractivity contribution in [2.45, 2.75) is 32.2 Å². The Morgan fingerprint density at radius 1 is 1.19 bits per heavy atom. The van der Waals surface area contributed by atoms with Crippen LogP contribution in [0.25, 0.3) is 0 Å². The Kier molecular flexibility index (Phi) is 3.78. The first-order valence-corrected chi connectivity index (χ1v) is 7.28. The summed E-state index contributed by atoms with van der Waals surface area (Å²) in [6.45, 7) is 2.07. The molecule has 0 fully saturated rings. The molecule has 1 unspecified atom stereocenters. The van der Waals surface area contributed by atoms with E-state index in [4.69, 9.17) is 13.9 Å². The summed E-state index contributed by atoms with van der Waals surface area (Å²) in [4.78, 5) is 0. The Morgan fingerprint density at radius 3 is 2.71 bits per heavy atom. The van der Waals surface area contributed by atoms with Crippen molar-refractivity contribution in [1.29, 1.82) is 0 Å². The molecule has 0 spiro atoms. The smallest absolute Gasteiger partial charge is 0.162 e. The van der Waals surface area contributed by atoms with Crippen molar-refractivity contribution in [1.82, 2.24) is 0 Å². The van der Waals surface area contributed by atoms with Gasteiger partial charge in [-0.2, -0.15) is 0 Å². The number of hydrogen-bond acceptors (Lipinski definition) is 4. The van der Waals surface area contributed by atoms with E-state index in [0.29, 0.717) is 6.04 Å².